The van der Waals surface area contributed by atoms with Gasteiger partial charge in [0, 0.05) is 28.8 Å². The second-order valence-corrected chi connectivity index (χ2v) is 7.61. The molecule has 0 spiro atoms. The minimum Gasteiger partial charge on any atom is -0.452 e. The van der Waals surface area contributed by atoms with Crippen molar-refractivity contribution in [2.75, 3.05) is 10.7 Å². The zero-order valence-electron chi connectivity index (χ0n) is 15.5. The number of hydrogen-bond acceptors (Lipinski definition) is 6. The first-order valence-corrected chi connectivity index (χ1v) is 9.83. The monoisotopic (exact) mass is 400 g/mol. The summed E-state index contributed by atoms with van der Waals surface area (Å²) in [6, 6.07) is 13.7. The maximum Gasteiger partial charge on any atom is 0.317 e. The SMILES string of the molecule is C[C@H](OC(=O)CSc1ccc([N+](=O)[O-])cc1)C(=O)N1c2ccccc2C[C@H]1C. The number of benzene rings is 2. The van der Waals surface area contributed by atoms with Gasteiger partial charge in [0.2, 0.25) is 0 Å². The van der Waals surface area contributed by atoms with Crippen molar-refractivity contribution in [3.8, 4) is 0 Å². The molecule has 0 radical (unpaired) electrons. The van der Waals surface area contributed by atoms with Gasteiger partial charge in [0.15, 0.2) is 6.10 Å². The van der Waals surface area contributed by atoms with Gasteiger partial charge < -0.3 is 9.64 Å². The molecule has 0 bridgehead atoms. The number of non-ortho nitro benzene ring substituents is 1. The van der Waals surface area contributed by atoms with Crippen LogP contribution < -0.4 is 4.90 Å². The molecule has 0 saturated heterocycles. The van der Waals surface area contributed by atoms with E-state index in [2.05, 4.69) is 0 Å². The summed E-state index contributed by atoms with van der Waals surface area (Å²) in [5.74, 6) is -0.739. The van der Waals surface area contributed by atoms with Crippen LogP contribution in [0.4, 0.5) is 11.4 Å². The highest BCUT2D eigenvalue weighted by atomic mass is 32.2. The molecule has 2 atom stereocenters. The molecule has 0 unspecified atom stereocenters. The molecule has 0 N–H and O–H groups in total. The van der Waals surface area contributed by atoms with E-state index in [1.165, 1.54) is 23.9 Å². The number of amides is 1. The van der Waals surface area contributed by atoms with Crippen molar-refractivity contribution >= 4 is 35.0 Å². The third kappa shape index (κ3) is 4.33. The molecule has 0 aliphatic carbocycles. The molecule has 3 rings (SSSR count). The zero-order valence-corrected chi connectivity index (χ0v) is 16.3. The van der Waals surface area contributed by atoms with Crippen LogP contribution in [0.15, 0.2) is 53.4 Å². The number of carbonyl (C=O) groups is 2. The average molecular weight is 400 g/mol. The van der Waals surface area contributed by atoms with Gasteiger partial charge in [0.25, 0.3) is 11.6 Å². The van der Waals surface area contributed by atoms with E-state index in [-0.39, 0.29) is 23.4 Å². The number of thioether (sulfide) groups is 1. The number of nitro groups is 1. The predicted molar refractivity (Wildman–Crippen MR) is 106 cm³/mol. The van der Waals surface area contributed by atoms with Crippen molar-refractivity contribution < 1.29 is 19.2 Å². The smallest absolute Gasteiger partial charge is 0.317 e. The fourth-order valence-electron chi connectivity index (χ4n) is 3.19. The number of para-hydroxylation sites is 1. The predicted octanol–water partition coefficient (Wildman–Crippen LogP) is 3.60. The molecule has 1 amide bonds. The lowest BCUT2D eigenvalue weighted by Gasteiger charge is -2.25. The summed E-state index contributed by atoms with van der Waals surface area (Å²) in [5, 5.41) is 10.7. The number of nitrogens with zero attached hydrogens (tertiary/aromatic N) is 2. The van der Waals surface area contributed by atoms with E-state index in [1.807, 2.05) is 31.2 Å². The molecule has 1 aliphatic heterocycles. The molecule has 2 aromatic rings. The Kier molecular flexibility index (Phi) is 5.99. The Bertz CT molecular complexity index is 900. The summed E-state index contributed by atoms with van der Waals surface area (Å²) in [7, 11) is 0. The molecule has 28 heavy (non-hydrogen) atoms. The number of rotatable bonds is 6. The average Bonchev–Trinajstić information content (AvgIpc) is 3.01. The summed E-state index contributed by atoms with van der Waals surface area (Å²) in [5.41, 5.74) is 1.96. The van der Waals surface area contributed by atoms with Crippen LogP contribution in [-0.2, 0) is 20.7 Å². The number of ether oxygens (including phenoxy) is 1. The highest BCUT2D eigenvalue weighted by molar-refractivity contribution is 8.00. The molecule has 0 saturated carbocycles. The Morgan fingerprint density at radius 2 is 1.93 bits per heavy atom. The van der Waals surface area contributed by atoms with Crippen molar-refractivity contribution in [1.29, 1.82) is 0 Å². The maximum atomic E-state index is 12.8. The van der Waals surface area contributed by atoms with Crippen LogP contribution in [0.2, 0.25) is 0 Å². The van der Waals surface area contributed by atoms with Crippen LogP contribution in [0.5, 0.6) is 0 Å². The summed E-state index contributed by atoms with van der Waals surface area (Å²) in [6.07, 6.45) is -0.114. The van der Waals surface area contributed by atoms with Gasteiger partial charge in [-0.05, 0) is 44.0 Å². The Morgan fingerprint density at radius 1 is 1.25 bits per heavy atom. The molecule has 0 fully saturated rings. The van der Waals surface area contributed by atoms with Crippen molar-refractivity contribution in [3.05, 3.63) is 64.2 Å². The van der Waals surface area contributed by atoms with E-state index in [0.29, 0.717) is 4.90 Å². The number of fused-ring (bicyclic) bond motifs is 1. The Morgan fingerprint density at radius 3 is 2.61 bits per heavy atom. The number of nitro benzene ring substituents is 1. The van der Waals surface area contributed by atoms with Crippen LogP contribution in [0, 0.1) is 10.1 Å². The number of anilines is 1. The first kappa shape index (κ1) is 19.9. The van der Waals surface area contributed by atoms with Crippen LogP contribution in [0.1, 0.15) is 19.4 Å². The van der Waals surface area contributed by atoms with Crippen LogP contribution in [-0.4, -0.2) is 34.7 Å². The summed E-state index contributed by atoms with van der Waals surface area (Å²) in [6.45, 7) is 3.54. The molecule has 1 aliphatic rings. The van der Waals surface area contributed by atoms with Crippen LogP contribution in [0.25, 0.3) is 0 Å². The van der Waals surface area contributed by atoms with Crippen LogP contribution >= 0.6 is 11.8 Å². The zero-order chi connectivity index (χ0) is 20.3. The lowest BCUT2D eigenvalue weighted by Crippen LogP contribution is -2.43. The van der Waals surface area contributed by atoms with E-state index in [4.69, 9.17) is 4.74 Å². The van der Waals surface area contributed by atoms with E-state index in [0.717, 1.165) is 17.7 Å². The Balaban J connectivity index is 1.55. The summed E-state index contributed by atoms with van der Waals surface area (Å²) in [4.78, 5) is 37.5. The van der Waals surface area contributed by atoms with Gasteiger partial charge in [-0.3, -0.25) is 19.7 Å². The number of carbonyl (C=O) groups excluding carboxylic acids is 2. The first-order valence-electron chi connectivity index (χ1n) is 8.84. The quantitative estimate of drug-likeness (QED) is 0.319. The largest absolute Gasteiger partial charge is 0.452 e. The highest BCUT2D eigenvalue weighted by Crippen LogP contribution is 2.32. The molecular weight excluding hydrogens is 380 g/mol. The van der Waals surface area contributed by atoms with Gasteiger partial charge in [0.05, 0.1) is 10.7 Å². The molecule has 2 aromatic carbocycles. The van der Waals surface area contributed by atoms with Gasteiger partial charge in [-0.1, -0.05) is 18.2 Å². The standard InChI is InChI=1S/C20H20N2O5S/c1-13-11-15-5-3-4-6-18(15)21(13)20(24)14(2)27-19(23)12-28-17-9-7-16(8-10-17)22(25)26/h3-10,13-14H,11-12H2,1-2H3/t13-,14+/m1/s1. The third-order valence-electron chi connectivity index (χ3n) is 4.50. The van der Waals surface area contributed by atoms with Gasteiger partial charge in [-0.15, -0.1) is 11.8 Å². The Hall–Kier alpha value is -2.87. The first-order chi connectivity index (χ1) is 13.4. The van der Waals surface area contributed by atoms with Crippen molar-refractivity contribution in [1.82, 2.24) is 0 Å². The summed E-state index contributed by atoms with van der Waals surface area (Å²) < 4.78 is 5.31. The fraction of sp³-hybridized carbons (Fsp3) is 0.300. The number of hydrogen-bond donors (Lipinski definition) is 0. The van der Waals surface area contributed by atoms with Crippen LogP contribution in [0.3, 0.4) is 0 Å². The van der Waals surface area contributed by atoms with Crippen molar-refractivity contribution in [3.63, 3.8) is 0 Å². The minimum absolute atomic E-state index is 0.00819. The minimum atomic E-state index is -0.890. The lowest BCUT2D eigenvalue weighted by atomic mass is 10.1. The molecule has 8 heteroatoms. The normalized spacial score (nSPS) is 16.4. The van der Waals surface area contributed by atoms with Gasteiger partial charge >= 0.3 is 5.97 Å². The second kappa shape index (κ2) is 8.43. The van der Waals surface area contributed by atoms with Gasteiger partial charge in [0.1, 0.15) is 0 Å². The van der Waals surface area contributed by atoms with E-state index in [1.54, 1.807) is 24.0 Å². The van der Waals surface area contributed by atoms with E-state index in [9.17, 15) is 19.7 Å². The fourth-order valence-corrected chi connectivity index (χ4v) is 3.87. The highest BCUT2D eigenvalue weighted by Gasteiger charge is 2.34. The maximum absolute atomic E-state index is 12.8. The van der Waals surface area contributed by atoms with Crippen molar-refractivity contribution in [2.45, 2.75) is 37.3 Å². The summed E-state index contributed by atoms with van der Waals surface area (Å²) >= 11 is 1.20. The van der Waals surface area contributed by atoms with Gasteiger partial charge in [-0.25, -0.2) is 0 Å². The van der Waals surface area contributed by atoms with Gasteiger partial charge in [-0.2, -0.15) is 0 Å². The molecule has 7 nitrogen and oxygen atoms in total. The third-order valence-corrected chi connectivity index (χ3v) is 5.49. The lowest BCUT2D eigenvalue weighted by molar-refractivity contribution is -0.384. The van der Waals surface area contributed by atoms with Crippen molar-refractivity contribution in [2.24, 2.45) is 0 Å². The second-order valence-electron chi connectivity index (χ2n) is 6.56. The van der Waals surface area contributed by atoms with E-state index < -0.39 is 17.0 Å². The Labute approximate surface area is 166 Å². The molecule has 0 aromatic heterocycles. The topological polar surface area (TPSA) is 89.7 Å². The molecule has 146 valence electrons. The van der Waals surface area contributed by atoms with E-state index >= 15 is 0 Å². The number of esters is 1. The molecular formula is C20H20N2O5S. The molecule has 1 heterocycles.